The molecule has 4 rings (SSSR count). The summed E-state index contributed by atoms with van der Waals surface area (Å²) < 4.78 is 84.7. The van der Waals surface area contributed by atoms with Crippen LogP contribution < -0.4 is 4.74 Å². The molecule has 1 N–H and O–H groups in total. The zero-order valence-electron chi connectivity index (χ0n) is 13.3. The van der Waals surface area contributed by atoms with Gasteiger partial charge in [-0.3, -0.25) is 0 Å². The van der Waals surface area contributed by atoms with E-state index in [2.05, 4.69) is 0 Å². The van der Waals surface area contributed by atoms with Gasteiger partial charge in [-0.05, 0) is 41.1 Å². The van der Waals surface area contributed by atoms with Crippen LogP contribution in [0.5, 0.6) is 11.5 Å². The van der Waals surface area contributed by atoms with Crippen LogP contribution >= 0.6 is 0 Å². The molecule has 0 aromatic heterocycles. The van der Waals surface area contributed by atoms with Gasteiger partial charge < -0.3 is 9.84 Å². The SMILES string of the molecule is OC1c2c(cccc2C(F)(F)F)Oc2ccc3ccc(C(F)(F)F)cc3c21. The molecule has 140 valence electrons. The average molecular weight is 384 g/mol. The second-order valence-corrected chi connectivity index (χ2v) is 6.13. The number of halogens is 6. The third-order valence-corrected chi connectivity index (χ3v) is 4.49. The monoisotopic (exact) mass is 384 g/mol. The molecule has 0 bridgehead atoms. The molecule has 0 saturated heterocycles. The van der Waals surface area contributed by atoms with Crippen LogP contribution in [0.2, 0.25) is 0 Å². The Balaban J connectivity index is 1.99. The molecule has 0 fully saturated rings. The zero-order valence-corrected chi connectivity index (χ0v) is 13.3. The molecule has 3 aromatic carbocycles. The van der Waals surface area contributed by atoms with E-state index < -0.39 is 35.1 Å². The van der Waals surface area contributed by atoms with Gasteiger partial charge in [0.05, 0.1) is 11.1 Å². The molecule has 1 unspecified atom stereocenters. The van der Waals surface area contributed by atoms with Gasteiger partial charge in [0.25, 0.3) is 0 Å². The highest BCUT2D eigenvalue weighted by Gasteiger charge is 2.40. The van der Waals surface area contributed by atoms with E-state index in [0.29, 0.717) is 5.39 Å². The van der Waals surface area contributed by atoms with Crippen molar-refractivity contribution in [1.29, 1.82) is 0 Å². The first-order chi connectivity index (χ1) is 12.6. The summed E-state index contributed by atoms with van der Waals surface area (Å²) in [4.78, 5) is 0. The van der Waals surface area contributed by atoms with E-state index in [0.717, 1.165) is 24.3 Å². The first-order valence-corrected chi connectivity index (χ1v) is 7.77. The molecule has 0 aliphatic carbocycles. The summed E-state index contributed by atoms with van der Waals surface area (Å²) in [5, 5.41) is 11.0. The lowest BCUT2D eigenvalue weighted by molar-refractivity contribution is -0.139. The summed E-state index contributed by atoms with van der Waals surface area (Å²) in [6.45, 7) is 0. The van der Waals surface area contributed by atoms with Crippen molar-refractivity contribution in [3.05, 3.63) is 70.8 Å². The quantitative estimate of drug-likeness (QED) is 0.477. The fourth-order valence-electron chi connectivity index (χ4n) is 3.30. The molecule has 2 nitrogen and oxygen atoms in total. The molecular formula is C19H10F6O2. The Morgan fingerprint density at radius 1 is 0.778 bits per heavy atom. The van der Waals surface area contributed by atoms with Gasteiger partial charge in [0.2, 0.25) is 0 Å². The molecule has 0 spiro atoms. The van der Waals surface area contributed by atoms with Gasteiger partial charge in [-0.1, -0.05) is 18.2 Å². The van der Waals surface area contributed by atoms with Crippen LogP contribution in [-0.2, 0) is 12.4 Å². The van der Waals surface area contributed by atoms with Gasteiger partial charge >= 0.3 is 12.4 Å². The standard InChI is InChI=1S/C19H10F6O2/c20-18(21,22)10-6-4-9-5-7-14-15(11(9)8-10)17(26)16-12(19(23,24)25)2-1-3-13(16)27-14/h1-8,17,26H. The van der Waals surface area contributed by atoms with Crippen molar-refractivity contribution < 1.29 is 36.2 Å². The number of benzene rings is 3. The summed E-state index contributed by atoms with van der Waals surface area (Å²) in [7, 11) is 0. The molecule has 1 aliphatic heterocycles. The topological polar surface area (TPSA) is 29.5 Å². The van der Waals surface area contributed by atoms with Crippen molar-refractivity contribution in [3.8, 4) is 11.5 Å². The first-order valence-electron chi connectivity index (χ1n) is 7.77. The second-order valence-electron chi connectivity index (χ2n) is 6.13. The Hall–Kier alpha value is -2.74. The Bertz CT molecular complexity index is 1050. The van der Waals surface area contributed by atoms with Gasteiger partial charge in [-0.25, -0.2) is 0 Å². The number of alkyl halides is 6. The summed E-state index contributed by atoms with van der Waals surface area (Å²) in [5.41, 5.74) is -2.70. The lowest BCUT2D eigenvalue weighted by Gasteiger charge is -2.28. The minimum atomic E-state index is -4.76. The predicted octanol–water partition coefficient (Wildman–Crippen LogP) is 6.06. The molecule has 1 heterocycles. The maximum atomic E-state index is 13.3. The Morgan fingerprint density at radius 3 is 2.11 bits per heavy atom. The molecule has 0 radical (unpaired) electrons. The van der Waals surface area contributed by atoms with Crippen LogP contribution in [0.4, 0.5) is 26.3 Å². The molecule has 27 heavy (non-hydrogen) atoms. The highest BCUT2D eigenvalue weighted by atomic mass is 19.4. The third kappa shape index (κ3) is 2.80. The van der Waals surface area contributed by atoms with Gasteiger partial charge in [0.15, 0.2) is 0 Å². The van der Waals surface area contributed by atoms with E-state index in [4.69, 9.17) is 4.74 Å². The minimum Gasteiger partial charge on any atom is -0.457 e. The van der Waals surface area contributed by atoms with E-state index in [-0.39, 0.29) is 22.4 Å². The third-order valence-electron chi connectivity index (χ3n) is 4.49. The summed E-state index contributed by atoms with van der Waals surface area (Å²) in [6.07, 6.45) is -11.2. The van der Waals surface area contributed by atoms with Gasteiger partial charge in [0, 0.05) is 11.1 Å². The van der Waals surface area contributed by atoms with Crippen molar-refractivity contribution in [2.45, 2.75) is 18.5 Å². The van der Waals surface area contributed by atoms with E-state index >= 15 is 0 Å². The van der Waals surface area contributed by atoms with Crippen LogP contribution in [0, 0.1) is 0 Å². The average Bonchev–Trinajstić information content (AvgIpc) is 2.58. The molecule has 8 heteroatoms. The van der Waals surface area contributed by atoms with E-state index in [9.17, 15) is 31.4 Å². The number of fused-ring (bicyclic) bond motifs is 4. The minimum absolute atomic E-state index is 0.0150. The van der Waals surface area contributed by atoms with E-state index in [1.165, 1.54) is 24.3 Å². The lowest BCUT2D eigenvalue weighted by atomic mass is 9.89. The van der Waals surface area contributed by atoms with Crippen molar-refractivity contribution >= 4 is 10.8 Å². The highest BCUT2D eigenvalue weighted by molar-refractivity contribution is 5.90. The smallest absolute Gasteiger partial charge is 0.416 e. The summed E-state index contributed by atoms with van der Waals surface area (Å²) >= 11 is 0. The molecular weight excluding hydrogens is 374 g/mol. The van der Waals surface area contributed by atoms with Crippen LogP contribution in [0.15, 0.2) is 48.5 Å². The second kappa shape index (κ2) is 5.63. The number of hydrogen-bond acceptors (Lipinski definition) is 2. The first kappa shape index (κ1) is 17.7. The van der Waals surface area contributed by atoms with Crippen molar-refractivity contribution in [1.82, 2.24) is 0 Å². The van der Waals surface area contributed by atoms with Crippen molar-refractivity contribution in [3.63, 3.8) is 0 Å². The Kier molecular flexibility index (Phi) is 3.68. The van der Waals surface area contributed by atoms with Gasteiger partial charge in [0.1, 0.15) is 17.6 Å². The zero-order chi connectivity index (χ0) is 19.6. The maximum Gasteiger partial charge on any atom is 0.416 e. The highest BCUT2D eigenvalue weighted by Crippen LogP contribution is 2.50. The molecule has 0 amide bonds. The van der Waals surface area contributed by atoms with Crippen LogP contribution in [0.25, 0.3) is 10.8 Å². The molecule has 0 saturated carbocycles. The van der Waals surface area contributed by atoms with E-state index in [1.54, 1.807) is 0 Å². The number of hydrogen-bond donors (Lipinski definition) is 1. The Labute approximate surface area is 148 Å². The van der Waals surface area contributed by atoms with Crippen LogP contribution in [0.3, 0.4) is 0 Å². The number of rotatable bonds is 0. The fourth-order valence-corrected chi connectivity index (χ4v) is 3.30. The lowest BCUT2D eigenvalue weighted by Crippen LogP contribution is -2.17. The molecule has 3 aromatic rings. The number of aliphatic hydroxyl groups excluding tert-OH is 1. The van der Waals surface area contributed by atoms with Crippen molar-refractivity contribution in [2.24, 2.45) is 0 Å². The molecule has 1 atom stereocenters. The summed E-state index contributed by atoms with van der Waals surface area (Å²) in [5.74, 6) is -0.169. The number of ether oxygens (including phenoxy) is 1. The van der Waals surface area contributed by atoms with Gasteiger partial charge in [-0.15, -0.1) is 0 Å². The molecule has 1 aliphatic rings. The van der Waals surface area contributed by atoms with E-state index in [1.807, 2.05) is 0 Å². The maximum absolute atomic E-state index is 13.3. The fraction of sp³-hybridized carbons (Fsp3) is 0.158. The largest absolute Gasteiger partial charge is 0.457 e. The normalized spacial score (nSPS) is 16.6. The van der Waals surface area contributed by atoms with Gasteiger partial charge in [-0.2, -0.15) is 26.3 Å². The van der Waals surface area contributed by atoms with Crippen molar-refractivity contribution in [2.75, 3.05) is 0 Å². The number of aliphatic hydroxyl groups is 1. The summed E-state index contributed by atoms with van der Waals surface area (Å²) in [6, 6.07) is 8.99. The van der Waals surface area contributed by atoms with Crippen LogP contribution in [-0.4, -0.2) is 5.11 Å². The Morgan fingerprint density at radius 2 is 1.44 bits per heavy atom. The predicted molar refractivity (Wildman–Crippen MR) is 84.5 cm³/mol. The van der Waals surface area contributed by atoms with Crippen LogP contribution in [0.1, 0.15) is 28.4 Å².